The van der Waals surface area contributed by atoms with Crippen molar-refractivity contribution < 1.29 is 14.7 Å². The van der Waals surface area contributed by atoms with E-state index < -0.39 is 11.9 Å². The highest BCUT2D eigenvalue weighted by molar-refractivity contribution is 7.12. The fourth-order valence-corrected chi connectivity index (χ4v) is 2.66. The predicted molar refractivity (Wildman–Crippen MR) is 84.0 cm³/mol. The van der Waals surface area contributed by atoms with Crippen LogP contribution in [0.15, 0.2) is 41.8 Å². The van der Waals surface area contributed by atoms with Crippen molar-refractivity contribution in [1.29, 1.82) is 0 Å². The summed E-state index contributed by atoms with van der Waals surface area (Å²) in [6.07, 6.45) is 0. The molecule has 1 aromatic carbocycles. The van der Waals surface area contributed by atoms with Gasteiger partial charge in [-0.3, -0.25) is 9.59 Å². The van der Waals surface area contributed by atoms with Crippen LogP contribution >= 0.6 is 11.3 Å². The summed E-state index contributed by atoms with van der Waals surface area (Å²) in [6, 6.07) is 11.1. The molecule has 4 nitrogen and oxygen atoms in total. The molecule has 0 aliphatic carbocycles. The lowest BCUT2D eigenvalue weighted by molar-refractivity contribution is -0.140. The van der Waals surface area contributed by atoms with Crippen LogP contribution in [-0.4, -0.2) is 23.5 Å². The molecule has 0 saturated carbocycles. The summed E-state index contributed by atoms with van der Waals surface area (Å²) in [7, 11) is 0. The Labute approximate surface area is 127 Å². The smallest absolute Gasteiger partial charge is 0.308 e. The molecule has 1 heterocycles. The van der Waals surface area contributed by atoms with Gasteiger partial charge in [-0.2, -0.15) is 0 Å². The summed E-state index contributed by atoms with van der Waals surface area (Å²) >= 11 is 1.36. The third-order valence-corrected chi connectivity index (χ3v) is 4.03. The number of hydrogen-bond donors (Lipinski definition) is 1. The third-order valence-electron chi connectivity index (χ3n) is 3.17. The molecule has 5 heteroatoms. The summed E-state index contributed by atoms with van der Waals surface area (Å²) in [5, 5.41) is 10.9. The van der Waals surface area contributed by atoms with Gasteiger partial charge in [0, 0.05) is 12.2 Å². The monoisotopic (exact) mass is 303 g/mol. The number of carboxylic acids is 1. The van der Waals surface area contributed by atoms with Gasteiger partial charge in [-0.25, -0.2) is 0 Å². The van der Waals surface area contributed by atoms with Crippen LogP contribution in [-0.2, 0) is 4.79 Å². The van der Waals surface area contributed by atoms with E-state index >= 15 is 0 Å². The van der Waals surface area contributed by atoms with Crippen LogP contribution in [0.1, 0.15) is 22.2 Å². The number of thiophene rings is 1. The highest BCUT2D eigenvalue weighted by Gasteiger charge is 2.23. The lowest BCUT2D eigenvalue weighted by Crippen LogP contribution is -2.36. The Morgan fingerprint density at radius 2 is 2.05 bits per heavy atom. The van der Waals surface area contributed by atoms with E-state index in [1.807, 2.05) is 42.6 Å². The van der Waals surface area contributed by atoms with Crippen molar-refractivity contribution in [3.63, 3.8) is 0 Å². The average Bonchev–Trinajstić information content (AvgIpc) is 2.97. The van der Waals surface area contributed by atoms with Crippen molar-refractivity contribution >= 4 is 28.9 Å². The van der Waals surface area contributed by atoms with Gasteiger partial charge in [0.1, 0.15) is 0 Å². The van der Waals surface area contributed by atoms with Gasteiger partial charge in [0.15, 0.2) is 0 Å². The largest absolute Gasteiger partial charge is 0.481 e. The SMILES string of the molecule is Cc1cccc(N(CC(C)C(=O)O)C(=O)c2cccs2)c1. The minimum Gasteiger partial charge on any atom is -0.481 e. The topological polar surface area (TPSA) is 57.6 Å². The number of carboxylic acid groups (broad SMARTS) is 1. The first-order valence-corrected chi connectivity index (χ1v) is 7.52. The number of hydrogen-bond acceptors (Lipinski definition) is 3. The quantitative estimate of drug-likeness (QED) is 0.920. The highest BCUT2D eigenvalue weighted by Crippen LogP contribution is 2.22. The summed E-state index contributed by atoms with van der Waals surface area (Å²) < 4.78 is 0. The van der Waals surface area contributed by atoms with E-state index in [1.165, 1.54) is 16.2 Å². The lowest BCUT2D eigenvalue weighted by atomic mass is 10.1. The van der Waals surface area contributed by atoms with Gasteiger partial charge in [-0.05, 0) is 36.1 Å². The van der Waals surface area contributed by atoms with Crippen molar-refractivity contribution in [2.24, 2.45) is 5.92 Å². The molecule has 0 radical (unpaired) electrons. The molecule has 0 bridgehead atoms. The second kappa shape index (κ2) is 6.54. The molecule has 1 unspecified atom stereocenters. The number of rotatable bonds is 5. The highest BCUT2D eigenvalue weighted by atomic mass is 32.1. The number of carbonyl (C=O) groups excluding carboxylic acids is 1. The van der Waals surface area contributed by atoms with E-state index in [0.29, 0.717) is 4.88 Å². The van der Waals surface area contributed by atoms with Crippen LogP contribution < -0.4 is 4.90 Å². The van der Waals surface area contributed by atoms with Gasteiger partial charge in [-0.15, -0.1) is 11.3 Å². The number of aryl methyl sites for hydroxylation is 1. The van der Waals surface area contributed by atoms with Gasteiger partial charge in [-0.1, -0.05) is 25.1 Å². The zero-order valence-corrected chi connectivity index (χ0v) is 12.8. The molecule has 1 N–H and O–H groups in total. The molecule has 110 valence electrons. The Morgan fingerprint density at radius 3 is 2.62 bits per heavy atom. The van der Waals surface area contributed by atoms with Crippen molar-refractivity contribution in [2.75, 3.05) is 11.4 Å². The standard InChI is InChI=1S/C16H17NO3S/c1-11-5-3-6-13(9-11)17(10-12(2)16(19)20)15(18)14-7-4-8-21-14/h3-9,12H,10H2,1-2H3,(H,19,20). The van der Waals surface area contributed by atoms with Crippen LogP contribution in [0.5, 0.6) is 0 Å². The van der Waals surface area contributed by atoms with Crippen LogP contribution in [0, 0.1) is 12.8 Å². The van der Waals surface area contributed by atoms with Gasteiger partial charge in [0.2, 0.25) is 0 Å². The number of aliphatic carboxylic acids is 1. The van der Waals surface area contributed by atoms with Crippen LogP contribution in [0.2, 0.25) is 0 Å². The molecule has 0 fully saturated rings. The normalized spacial score (nSPS) is 11.9. The maximum atomic E-state index is 12.6. The summed E-state index contributed by atoms with van der Waals surface area (Å²) in [5.74, 6) is -1.70. The number of anilines is 1. The second-order valence-corrected chi connectivity index (χ2v) is 5.92. The molecule has 1 atom stereocenters. The molecule has 2 aromatic rings. The van der Waals surface area contributed by atoms with Gasteiger partial charge < -0.3 is 10.0 Å². The maximum Gasteiger partial charge on any atom is 0.308 e. The minimum absolute atomic E-state index is 0.148. The zero-order valence-electron chi connectivity index (χ0n) is 11.9. The molecular formula is C16H17NO3S. The van der Waals surface area contributed by atoms with E-state index in [9.17, 15) is 9.59 Å². The molecule has 1 amide bonds. The second-order valence-electron chi connectivity index (χ2n) is 4.97. The van der Waals surface area contributed by atoms with E-state index in [0.717, 1.165) is 11.3 Å². The molecule has 2 rings (SSSR count). The third kappa shape index (κ3) is 3.70. The Bertz CT molecular complexity index is 637. The van der Waals surface area contributed by atoms with Crippen LogP contribution in [0.3, 0.4) is 0 Å². The van der Waals surface area contributed by atoms with E-state index in [2.05, 4.69) is 0 Å². The molecule has 0 aliphatic rings. The van der Waals surface area contributed by atoms with E-state index in [4.69, 9.17) is 5.11 Å². The first kappa shape index (κ1) is 15.3. The average molecular weight is 303 g/mol. The summed E-state index contributed by atoms with van der Waals surface area (Å²) in [4.78, 5) is 25.9. The Kier molecular flexibility index (Phi) is 4.75. The Balaban J connectivity index is 2.34. The van der Waals surface area contributed by atoms with Crippen molar-refractivity contribution in [3.05, 3.63) is 52.2 Å². The number of nitrogens with zero attached hydrogens (tertiary/aromatic N) is 1. The van der Waals surface area contributed by atoms with Crippen molar-refractivity contribution in [1.82, 2.24) is 0 Å². The summed E-state index contributed by atoms with van der Waals surface area (Å²) in [6.45, 7) is 3.69. The molecule has 1 aromatic heterocycles. The minimum atomic E-state index is -0.911. The van der Waals surface area contributed by atoms with Crippen molar-refractivity contribution in [2.45, 2.75) is 13.8 Å². The van der Waals surface area contributed by atoms with Gasteiger partial charge in [0.05, 0.1) is 10.8 Å². The molecule has 0 aliphatic heterocycles. The molecule has 21 heavy (non-hydrogen) atoms. The number of amides is 1. The molecule has 0 spiro atoms. The Hall–Kier alpha value is -2.14. The van der Waals surface area contributed by atoms with E-state index in [-0.39, 0.29) is 12.5 Å². The van der Waals surface area contributed by atoms with E-state index in [1.54, 1.807) is 13.0 Å². The summed E-state index contributed by atoms with van der Waals surface area (Å²) in [5.41, 5.74) is 1.75. The fourth-order valence-electron chi connectivity index (χ4n) is 1.99. The van der Waals surface area contributed by atoms with Gasteiger partial charge >= 0.3 is 5.97 Å². The number of benzene rings is 1. The first-order chi connectivity index (χ1) is 9.99. The predicted octanol–water partition coefficient (Wildman–Crippen LogP) is 3.42. The molecular weight excluding hydrogens is 286 g/mol. The van der Waals surface area contributed by atoms with Crippen LogP contribution in [0.25, 0.3) is 0 Å². The number of carbonyl (C=O) groups is 2. The maximum absolute atomic E-state index is 12.6. The fraction of sp³-hybridized carbons (Fsp3) is 0.250. The lowest BCUT2D eigenvalue weighted by Gasteiger charge is -2.24. The van der Waals surface area contributed by atoms with Crippen molar-refractivity contribution in [3.8, 4) is 0 Å². The molecule has 0 saturated heterocycles. The first-order valence-electron chi connectivity index (χ1n) is 6.64. The van der Waals surface area contributed by atoms with Crippen LogP contribution in [0.4, 0.5) is 5.69 Å². The van der Waals surface area contributed by atoms with Gasteiger partial charge in [0.25, 0.3) is 5.91 Å². The Morgan fingerprint density at radius 1 is 1.29 bits per heavy atom. The zero-order chi connectivity index (χ0) is 15.4.